The first kappa shape index (κ1) is 15.1. The predicted molar refractivity (Wildman–Crippen MR) is 86.8 cm³/mol. The highest BCUT2D eigenvalue weighted by Gasteiger charge is 2.06. The molecular formula is C18H21NO2. The highest BCUT2D eigenvalue weighted by molar-refractivity contribution is 6.04. The molecule has 0 saturated heterocycles. The van der Waals surface area contributed by atoms with Gasteiger partial charge >= 0.3 is 0 Å². The summed E-state index contributed by atoms with van der Waals surface area (Å²) in [6.45, 7) is 8.08. The first-order valence-electron chi connectivity index (χ1n) is 7.28. The summed E-state index contributed by atoms with van der Waals surface area (Å²) in [5.41, 5.74) is 2.20. The van der Waals surface area contributed by atoms with Crippen LogP contribution in [0.3, 0.4) is 0 Å². The zero-order valence-electron chi connectivity index (χ0n) is 12.8. The molecule has 1 aromatic heterocycles. The summed E-state index contributed by atoms with van der Waals surface area (Å²) in [4.78, 5) is 14.2. The maximum Gasteiger partial charge on any atom is 0.221 e. The molecule has 3 heteroatoms. The van der Waals surface area contributed by atoms with E-state index >= 15 is 0 Å². The van der Waals surface area contributed by atoms with E-state index in [0.29, 0.717) is 5.76 Å². The molecule has 0 atom stereocenters. The number of ketones is 1. The molecule has 2 aromatic rings. The maximum atomic E-state index is 11.9. The summed E-state index contributed by atoms with van der Waals surface area (Å²) in [6.07, 6.45) is 3.36. The Bertz CT molecular complexity index is 619. The van der Waals surface area contributed by atoms with E-state index in [2.05, 4.69) is 30.9 Å². The summed E-state index contributed by atoms with van der Waals surface area (Å²) < 4.78 is 5.31. The van der Waals surface area contributed by atoms with Gasteiger partial charge in [-0.3, -0.25) is 4.79 Å². The Morgan fingerprint density at radius 1 is 1.10 bits per heavy atom. The summed E-state index contributed by atoms with van der Waals surface area (Å²) in [5.74, 6) is 1.01. The van der Waals surface area contributed by atoms with Gasteiger partial charge in [0.1, 0.15) is 5.76 Å². The molecule has 0 aliphatic heterocycles. The number of aryl methyl sites for hydroxylation is 1. The van der Waals surface area contributed by atoms with Gasteiger partial charge in [0.15, 0.2) is 5.76 Å². The zero-order chi connectivity index (χ0) is 15.2. The lowest BCUT2D eigenvalue weighted by atomic mass is 10.1. The van der Waals surface area contributed by atoms with Crippen LogP contribution in [0.25, 0.3) is 6.08 Å². The molecule has 3 nitrogen and oxygen atoms in total. The van der Waals surface area contributed by atoms with Crippen LogP contribution in [-0.2, 0) is 0 Å². The van der Waals surface area contributed by atoms with Gasteiger partial charge in [0.25, 0.3) is 0 Å². The lowest BCUT2D eigenvalue weighted by Gasteiger charge is -2.20. The number of benzene rings is 1. The van der Waals surface area contributed by atoms with Crippen LogP contribution >= 0.6 is 0 Å². The third-order valence-electron chi connectivity index (χ3n) is 3.43. The lowest BCUT2D eigenvalue weighted by Crippen LogP contribution is -2.21. The van der Waals surface area contributed by atoms with Crippen molar-refractivity contribution in [3.05, 3.63) is 59.6 Å². The molecule has 0 N–H and O–H groups in total. The van der Waals surface area contributed by atoms with Crippen LogP contribution < -0.4 is 4.90 Å². The van der Waals surface area contributed by atoms with Gasteiger partial charge in [-0.2, -0.15) is 0 Å². The molecule has 0 fully saturated rings. The number of hydrogen-bond acceptors (Lipinski definition) is 3. The van der Waals surface area contributed by atoms with Gasteiger partial charge in [-0.15, -0.1) is 0 Å². The van der Waals surface area contributed by atoms with Crippen molar-refractivity contribution in [3.63, 3.8) is 0 Å². The molecule has 0 unspecified atom stereocenters. The first-order chi connectivity index (χ1) is 10.1. The predicted octanol–water partition coefficient (Wildman–Crippen LogP) is 4.33. The number of allylic oxidation sites excluding steroid dienone is 1. The average Bonchev–Trinajstić information content (AvgIpc) is 2.94. The Kier molecular flexibility index (Phi) is 4.99. The van der Waals surface area contributed by atoms with E-state index in [-0.39, 0.29) is 5.78 Å². The molecule has 0 saturated carbocycles. The number of furan rings is 1. The SMILES string of the molecule is CCN(CC)c1ccc(/C=C/C(=O)c2ccc(C)o2)cc1. The van der Waals surface area contributed by atoms with E-state index in [0.717, 1.165) is 24.4 Å². The van der Waals surface area contributed by atoms with Crippen molar-refractivity contribution in [1.82, 2.24) is 0 Å². The van der Waals surface area contributed by atoms with Crippen LogP contribution in [0.2, 0.25) is 0 Å². The lowest BCUT2D eigenvalue weighted by molar-refractivity contribution is 0.102. The number of carbonyl (C=O) groups excluding carboxylic acids is 1. The van der Waals surface area contributed by atoms with Crippen molar-refractivity contribution in [2.45, 2.75) is 20.8 Å². The first-order valence-corrected chi connectivity index (χ1v) is 7.28. The quantitative estimate of drug-likeness (QED) is 0.584. The highest BCUT2D eigenvalue weighted by atomic mass is 16.3. The maximum absolute atomic E-state index is 11.9. The minimum atomic E-state index is -0.115. The second-order valence-corrected chi connectivity index (χ2v) is 4.87. The largest absolute Gasteiger partial charge is 0.458 e. The van der Waals surface area contributed by atoms with E-state index in [4.69, 9.17) is 4.42 Å². The topological polar surface area (TPSA) is 33.5 Å². The molecule has 0 aliphatic rings. The fourth-order valence-electron chi connectivity index (χ4n) is 2.21. The fourth-order valence-corrected chi connectivity index (χ4v) is 2.21. The van der Waals surface area contributed by atoms with Crippen LogP contribution in [0.15, 0.2) is 46.9 Å². The molecule has 0 radical (unpaired) electrons. The van der Waals surface area contributed by atoms with E-state index in [9.17, 15) is 4.79 Å². The highest BCUT2D eigenvalue weighted by Crippen LogP contribution is 2.16. The van der Waals surface area contributed by atoms with Crippen molar-refractivity contribution >= 4 is 17.5 Å². The number of anilines is 1. The molecule has 0 spiro atoms. The Labute approximate surface area is 125 Å². The number of nitrogens with zero attached hydrogens (tertiary/aromatic N) is 1. The summed E-state index contributed by atoms with van der Waals surface area (Å²) in [6, 6.07) is 11.7. The molecule has 110 valence electrons. The average molecular weight is 283 g/mol. The molecule has 21 heavy (non-hydrogen) atoms. The van der Waals surface area contributed by atoms with Crippen LogP contribution in [0.4, 0.5) is 5.69 Å². The zero-order valence-corrected chi connectivity index (χ0v) is 12.8. The van der Waals surface area contributed by atoms with Crippen LogP contribution in [0, 0.1) is 6.92 Å². The monoisotopic (exact) mass is 283 g/mol. The third-order valence-corrected chi connectivity index (χ3v) is 3.43. The van der Waals surface area contributed by atoms with E-state index in [1.165, 1.54) is 5.69 Å². The molecular weight excluding hydrogens is 262 g/mol. The van der Waals surface area contributed by atoms with Crippen molar-refractivity contribution in [3.8, 4) is 0 Å². The second-order valence-electron chi connectivity index (χ2n) is 4.87. The normalized spacial score (nSPS) is 11.0. The third kappa shape index (κ3) is 3.85. The number of hydrogen-bond donors (Lipinski definition) is 0. The summed E-state index contributed by atoms with van der Waals surface area (Å²) in [5, 5.41) is 0. The van der Waals surface area contributed by atoms with Gasteiger partial charge in [0, 0.05) is 18.8 Å². The van der Waals surface area contributed by atoms with Gasteiger partial charge in [0.05, 0.1) is 0 Å². The molecule has 0 bridgehead atoms. The van der Waals surface area contributed by atoms with Crippen LogP contribution in [0.1, 0.15) is 35.7 Å². The van der Waals surface area contributed by atoms with Gasteiger partial charge in [-0.05, 0) is 56.7 Å². The van der Waals surface area contributed by atoms with E-state index < -0.39 is 0 Å². The minimum Gasteiger partial charge on any atom is -0.458 e. The second kappa shape index (κ2) is 6.93. The molecule has 1 aromatic carbocycles. The van der Waals surface area contributed by atoms with Crippen molar-refractivity contribution in [1.29, 1.82) is 0 Å². The van der Waals surface area contributed by atoms with Crippen molar-refractivity contribution in [2.75, 3.05) is 18.0 Å². The van der Waals surface area contributed by atoms with E-state index in [1.54, 1.807) is 18.2 Å². The van der Waals surface area contributed by atoms with Crippen LogP contribution in [-0.4, -0.2) is 18.9 Å². The fraction of sp³-hybridized carbons (Fsp3) is 0.278. The van der Waals surface area contributed by atoms with Gasteiger partial charge in [-0.25, -0.2) is 0 Å². The Balaban J connectivity index is 2.06. The molecule has 1 heterocycles. The summed E-state index contributed by atoms with van der Waals surface area (Å²) >= 11 is 0. The van der Waals surface area contributed by atoms with Gasteiger partial charge in [-0.1, -0.05) is 18.2 Å². The van der Waals surface area contributed by atoms with Crippen molar-refractivity contribution in [2.24, 2.45) is 0 Å². The molecule has 0 amide bonds. The van der Waals surface area contributed by atoms with Gasteiger partial charge in [0.2, 0.25) is 5.78 Å². The van der Waals surface area contributed by atoms with Crippen LogP contribution in [0.5, 0.6) is 0 Å². The Hall–Kier alpha value is -2.29. The number of carbonyl (C=O) groups is 1. The Morgan fingerprint density at radius 2 is 1.76 bits per heavy atom. The minimum absolute atomic E-state index is 0.115. The van der Waals surface area contributed by atoms with E-state index in [1.807, 2.05) is 25.1 Å². The standard InChI is InChI=1S/C18H21NO2/c1-4-19(5-2)16-10-7-15(8-11-16)9-12-17(20)18-13-6-14(3)21-18/h6-13H,4-5H2,1-3H3/b12-9+. The molecule has 2 rings (SSSR count). The van der Waals surface area contributed by atoms with Crippen molar-refractivity contribution < 1.29 is 9.21 Å². The molecule has 0 aliphatic carbocycles. The summed E-state index contributed by atoms with van der Waals surface area (Å²) in [7, 11) is 0. The van der Waals surface area contributed by atoms with Gasteiger partial charge < -0.3 is 9.32 Å². The number of rotatable bonds is 6. The Morgan fingerprint density at radius 3 is 2.29 bits per heavy atom. The smallest absolute Gasteiger partial charge is 0.221 e.